The van der Waals surface area contributed by atoms with Crippen LogP contribution in [0.4, 0.5) is 0 Å². The molecule has 3 aromatic rings. The molecule has 0 N–H and O–H groups in total. The molecular weight excluding hydrogens is 334 g/mol. The number of carbonyl (C=O) groups excluding carboxylic acids is 1. The molecule has 1 aliphatic carbocycles. The first kappa shape index (κ1) is 16.0. The number of carbonyl (C=O) groups is 1. The van der Waals surface area contributed by atoms with Gasteiger partial charge in [-0.1, -0.05) is 48.0 Å². The highest BCUT2D eigenvalue weighted by Crippen LogP contribution is 2.53. The Morgan fingerprint density at radius 1 is 1.12 bits per heavy atom. The van der Waals surface area contributed by atoms with Gasteiger partial charge in [0.1, 0.15) is 5.82 Å². The number of hydrogen-bond donors (Lipinski definition) is 0. The normalized spacial score (nSPS) is 15.2. The molecule has 5 heteroatoms. The molecule has 4 nitrogen and oxygen atoms in total. The summed E-state index contributed by atoms with van der Waals surface area (Å²) in [5, 5.41) is 9.40. The van der Waals surface area contributed by atoms with E-state index in [4.69, 9.17) is 11.6 Å². The second-order valence-corrected chi connectivity index (χ2v) is 7.01. The van der Waals surface area contributed by atoms with Crippen molar-refractivity contribution in [3.8, 4) is 11.4 Å². The summed E-state index contributed by atoms with van der Waals surface area (Å²) in [5.74, 6) is 1.67. The zero-order chi connectivity index (χ0) is 17.6. The molecule has 1 saturated carbocycles. The molecule has 0 radical (unpaired) electrons. The Labute approximate surface area is 151 Å². The van der Waals surface area contributed by atoms with E-state index in [1.807, 2.05) is 23.7 Å². The van der Waals surface area contributed by atoms with Crippen LogP contribution in [-0.2, 0) is 12.5 Å². The summed E-state index contributed by atoms with van der Waals surface area (Å²) in [6.07, 6.45) is 2.14. The number of Topliss-reactive ketones (excluding diaryl/α,β-unsaturated/α-hetero) is 1. The largest absolute Gasteiger partial charge is 0.313 e. The van der Waals surface area contributed by atoms with Crippen LogP contribution in [0.2, 0.25) is 5.02 Å². The molecule has 0 saturated heterocycles. The summed E-state index contributed by atoms with van der Waals surface area (Å²) in [6.45, 7) is 1.53. The first-order valence-electron chi connectivity index (χ1n) is 8.29. The van der Waals surface area contributed by atoms with Gasteiger partial charge in [-0.3, -0.25) is 4.79 Å². The Kier molecular flexibility index (Phi) is 3.73. The van der Waals surface area contributed by atoms with Crippen LogP contribution in [0, 0.1) is 0 Å². The van der Waals surface area contributed by atoms with Gasteiger partial charge >= 0.3 is 0 Å². The van der Waals surface area contributed by atoms with Crippen LogP contribution in [-0.4, -0.2) is 20.5 Å². The van der Waals surface area contributed by atoms with Gasteiger partial charge in [0, 0.05) is 18.2 Å². The summed E-state index contributed by atoms with van der Waals surface area (Å²) in [6, 6.07) is 15.8. The number of halogens is 1. The topological polar surface area (TPSA) is 47.8 Å². The van der Waals surface area contributed by atoms with Crippen molar-refractivity contribution in [2.45, 2.75) is 25.2 Å². The summed E-state index contributed by atoms with van der Waals surface area (Å²) < 4.78 is 2.02. The van der Waals surface area contributed by atoms with Crippen molar-refractivity contribution >= 4 is 17.4 Å². The van der Waals surface area contributed by atoms with Crippen LogP contribution in [0.5, 0.6) is 0 Å². The fourth-order valence-electron chi connectivity index (χ4n) is 3.42. The maximum Gasteiger partial charge on any atom is 0.165 e. The van der Waals surface area contributed by atoms with Crippen LogP contribution < -0.4 is 0 Å². The van der Waals surface area contributed by atoms with E-state index >= 15 is 0 Å². The maximum atomic E-state index is 11.5. The molecule has 0 bridgehead atoms. The van der Waals surface area contributed by atoms with E-state index in [2.05, 4.69) is 34.5 Å². The summed E-state index contributed by atoms with van der Waals surface area (Å²) in [4.78, 5) is 11.5. The maximum absolute atomic E-state index is 11.5. The predicted molar refractivity (Wildman–Crippen MR) is 97.9 cm³/mol. The average Bonchev–Trinajstić information content (AvgIpc) is 3.33. The lowest BCUT2D eigenvalue weighted by molar-refractivity contribution is 0.101. The third kappa shape index (κ3) is 2.57. The molecule has 0 amide bonds. The van der Waals surface area contributed by atoms with Gasteiger partial charge in [-0.05, 0) is 37.5 Å². The van der Waals surface area contributed by atoms with Crippen molar-refractivity contribution < 1.29 is 4.79 Å². The SMILES string of the molecule is CC(=O)c1ccc(-c2nnc(C3(c4ccccc4)CC3)n2C)c(Cl)c1. The molecule has 0 unspecified atom stereocenters. The zero-order valence-corrected chi connectivity index (χ0v) is 14.9. The lowest BCUT2D eigenvalue weighted by atomic mass is 9.95. The first-order valence-corrected chi connectivity index (χ1v) is 8.67. The Bertz CT molecular complexity index is 958. The summed E-state index contributed by atoms with van der Waals surface area (Å²) >= 11 is 6.40. The standard InChI is InChI=1S/C20H18ClN3O/c1-13(25)14-8-9-16(17(21)12-14)18-22-23-19(24(18)2)20(10-11-20)15-6-4-3-5-7-15/h3-9,12H,10-11H2,1-2H3. The van der Waals surface area contributed by atoms with Crippen molar-refractivity contribution in [3.63, 3.8) is 0 Å². The van der Waals surface area contributed by atoms with E-state index in [-0.39, 0.29) is 11.2 Å². The van der Waals surface area contributed by atoms with Gasteiger partial charge in [0.15, 0.2) is 11.6 Å². The minimum Gasteiger partial charge on any atom is -0.313 e. The number of ketones is 1. The molecule has 126 valence electrons. The van der Waals surface area contributed by atoms with Gasteiger partial charge in [0.05, 0.1) is 10.4 Å². The number of hydrogen-bond acceptors (Lipinski definition) is 3. The Hall–Kier alpha value is -2.46. The molecule has 1 heterocycles. The number of nitrogens with zero attached hydrogens (tertiary/aromatic N) is 3. The highest BCUT2D eigenvalue weighted by molar-refractivity contribution is 6.33. The highest BCUT2D eigenvalue weighted by atomic mass is 35.5. The number of rotatable bonds is 4. The lowest BCUT2D eigenvalue weighted by Gasteiger charge is -2.15. The Morgan fingerprint density at radius 3 is 2.44 bits per heavy atom. The monoisotopic (exact) mass is 351 g/mol. The second-order valence-electron chi connectivity index (χ2n) is 6.61. The molecule has 0 atom stereocenters. The van der Waals surface area contributed by atoms with Crippen LogP contribution >= 0.6 is 11.6 Å². The van der Waals surface area contributed by atoms with E-state index in [1.54, 1.807) is 12.1 Å². The molecule has 25 heavy (non-hydrogen) atoms. The van der Waals surface area contributed by atoms with Gasteiger partial charge < -0.3 is 4.57 Å². The van der Waals surface area contributed by atoms with Crippen LogP contribution in [0.1, 0.15) is 41.5 Å². The molecule has 0 aliphatic heterocycles. The Balaban J connectivity index is 1.77. The molecule has 1 fully saturated rings. The molecule has 2 aromatic carbocycles. The number of aromatic nitrogens is 3. The molecule has 1 aliphatic rings. The smallest absolute Gasteiger partial charge is 0.165 e. The summed E-state index contributed by atoms with van der Waals surface area (Å²) in [7, 11) is 1.98. The number of benzene rings is 2. The van der Waals surface area contributed by atoms with Gasteiger partial charge in [-0.2, -0.15) is 0 Å². The van der Waals surface area contributed by atoms with Gasteiger partial charge in [-0.25, -0.2) is 0 Å². The fourth-order valence-corrected chi connectivity index (χ4v) is 3.68. The molecule has 0 spiro atoms. The van der Waals surface area contributed by atoms with E-state index in [0.717, 1.165) is 30.1 Å². The lowest BCUT2D eigenvalue weighted by Crippen LogP contribution is -2.15. The first-order chi connectivity index (χ1) is 12.0. The minimum atomic E-state index is -0.0486. The van der Waals surface area contributed by atoms with E-state index in [1.165, 1.54) is 12.5 Å². The van der Waals surface area contributed by atoms with Crippen LogP contribution in [0.25, 0.3) is 11.4 Å². The van der Waals surface area contributed by atoms with E-state index in [0.29, 0.717) is 10.6 Å². The zero-order valence-electron chi connectivity index (χ0n) is 14.2. The van der Waals surface area contributed by atoms with Gasteiger partial charge in [0.2, 0.25) is 0 Å². The Morgan fingerprint density at radius 2 is 1.84 bits per heavy atom. The minimum absolute atomic E-state index is 0.00637. The van der Waals surface area contributed by atoms with Gasteiger partial charge in [-0.15, -0.1) is 10.2 Å². The molecule has 4 rings (SSSR count). The third-order valence-electron chi connectivity index (χ3n) is 5.00. The quantitative estimate of drug-likeness (QED) is 0.654. The van der Waals surface area contributed by atoms with Crippen molar-refractivity contribution in [3.05, 3.63) is 70.5 Å². The average molecular weight is 352 g/mol. The van der Waals surface area contributed by atoms with E-state index < -0.39 is 0 Å². The summed E-state index contributed by atoms with van der Waals surface area (Å²) in [5.41, 5.74) is 2.61. The second kappa shape index (κ2) is 5.81. The van der Waals surface area contributed by atoms with Crippen molar-refractivity contribution in [2.75, 3.05) is 0 Å². The van der Waals surface area contributed by atoms with Crippen molar-refractivity contribution in [1.29, 1.82) is 0 Å². The van der Waals surface area contributed by atoms with Crippen molar-refractivity contribution in [1.82, 2.24) is 14.8 Å². The molecular formula is C20H18ClN3O. The third-order valence-corrected chi connectivity index (χ3v) is 5.31. The molecule has 1 aromatic heterocycles. The highest BCUT2D eigenvalue weighted by Gasteiger charge is 2.49. The van der Waals surface area contributed by atoms with E-state index in [9.17, 15) is 4.79 Å². The van der Waals surface area contributed by atoms with Crippen molar-refractivity contribution in [2.24, 2.45) is 7.05 Å². The fraction of sp³-hybridized carbons (Fsp3) is 0.250. The predicted octanol–water partition coefficient (Wildman–Crippen LogP) is 4.42. The van der Waals surface area contributed by atoms with Crippen LogP contribution in [0.3, 0.4) is 0 Å². The van der Waals surface area contributed by atoms with Crippen LogP contribution in [0.15, 0.2) is 48.5 Å². The van der Waals surface area contributed by atoms with Gasteiger partial charge in [0.25, 0.3) is 0 Å².